The topological polar surface area (TPSA) is 136 Å². The van der Waals surface area contributed by atoms with E-state index in [2.05, 4.69) is 34.4 Å². The quantitative estimate of drug-likeness (QED) is 0.150. The Bertz CT molecular complexity index is 1230. The molecular formula is C35H55N5O5S. The number of aromatic nitrogens is 1. The summed E-state index contributed by atoms with van der Waals surface area (Å²) in [5.74, 6) is -1.89. The van der Waals surface area contributed by atoms with Crippen LogP contribution in [0.3, 0.4) is 0 Å². The lowest BCUT2D eigenvalue weighted by Crippen LogP contribution is -2.66. The summed E-state index contributed by atoms with van der Waals surface area (Å²) in [5, 5.41) is 8.68. The van der Waals surface area contributed by atoms with Crippen LogP contribution in [0.15, 0.2) is 41.9 Å². The average molecular weight is 658 g/mol. The van der Waals surface area contributed by atoms with Crippen LogP contribution in [-0.2, 0) is 30.3 Å². The monoisotopic (exact) mass is 657 g/mol. The molecule has 10 nitrogen and oxygen atoms in total. The number of ether oxygens (including phenoxy) is 2. The zero-order valence-electron chi connectivity index (χ0n) is 28.7. The fourth-order valence-electron chi connectivity index (χ4n) is 7.59. The second-order valence-electron chi connectivity index (χ2n) is 12.8. The van der Waals surface area contributed by atoms with Gasteiger partial charge in [0.05, 0.1) is 18.1 Å². The summed E-state index contributed by atoms with van der Waals surface area (Å²) in [6.07, 6.45) is 6.22. The van der Waals surface area contributed by atoms with E-state index in [4.69, 9.17) is 15.2 Å². The highest BCUT2D eigenvalue weighted by Crippen LogP contribution is 2.48. The van der Waals surface area contributed by atoms with Gasteiger partial charge in [-0.1, -0.05) is 64.4 Å². The van der Waals surface area contributed by atoms with Gasteiger partial charge in [-0.15, -0.1) is 11.3 Å². The van der Waals surface area contributed by atoms with Crippen molar-refractivity contribution in [1.29, 1.82) is 0 Å². The Morgan fingerprint density at radius 2 is 1.80 bits per heavy atom. The zero-order valence-corrected chi connectivity index (χ0v) is 29.5. The highest BCUT2D eigenvalue weighted by Gasteiger charge is 2.55. The molecule has 1 fully saturated rings. The number of likely N-dealkylation sites (tertiary alicyclic amines) is 1. The first kappa shape index (κ1) is 37.8. The highest BCUT2D eigenvalue weighted by molar-refractivity contribution is 7.09. The zero-order chi connectivity index (χ0) is 33.9. The number of amides is 2. The summed E-state index contributed by atoms with van der Waals surface area (Å²) >= 11 is 1.51. The lowest BCUT2D eigenvalue weighted by molar-refractivity contribution is -0.158. The molecule has 0 spiro atoms. The minimum Gasteiger partial charge on any atom is -0.380 e. The van der Waals surface area contributed by atoms with Crippen LogP contribution in [-0.4, -0.2) is 79.7 Å². The summed E-state index contributed by atoms with van der Waals surface area (Å²) in [7, 11) is 4.62. The number of likely N-dealkylation sites (N-methyl/N-ethyl adjacent to an activating group) is 1. The average Bonchev–Trinajstić information content (AvgIpc) is 3.82. The molecule has 4 N–H and O–H groups in total. The third kappa shape index (κ3) is 8.23. The fourth-order valence-corrected chi connectivity index (χ4v) is 8.28. The van der Waals surface area contributed by atoms with Crippen LogP contribution in [0.2, 0.25) is 0 Å². The molecule has 46 heavy (non-hydrogen) atoms. The summed E-state index contributed by atoms with van der Waals surface area (Å²) in [6, 6.07) is 9.72. The van der Waals surface area contributed by atoms with Gasteiger partial charge in [0, 0.05) is 56.6 Å². The van der Waals surface area contributed by atoms with E-state index in [1.807, 2.05) is 49.6 Å². The number of methoxy groups -OCH3 is 2. The minimum atomic E-state index is -1.58. The van der Waals surface area contributed by atoms with Crippen molar-refractivity contribution in [3.8, 4) is 0 Å². The Labute approximate surface area is 279 Å². The Balaban J connectivity index is 2.05. The smallest absolute Gasteiger partial charge is 0.267 e. The Morgan fingerprint density at radius 3 is 2.33 bits per heavy atom. The van der Waals surface area contributed by atoms with Crippen molar-refractivity contribution in [1.82, 2.24) is 20.5 Å². The van der Waals surface area contributed by atoms with Crippen molar-refractivity contribution in [2.24, 2.45) is 29.4 Å². The number of nitrogens with zero attached hydrogens (tertiary/aromatic N) is 2. The summed E-state index contributed by atoms with van der Waals surface area (Å²) in [6.45, 7) is 9.84. The molecule has 1 saturated heterocycles. The standard InChI is InChI=1S/C35H55N5O5S/c1-8-24(2)34(40-18-12-13-19-40,23-25(3)35(36,45-7)33(43)37-5)28(16-20-41)30(44-6)26(4)31(42)39-29(32-38-17-21-46-32)22-27-14-10-9-11-15-27/h9-11,14-15,17,20-21,24-26,28-30H,8,12-13,16,18-19,22-23,36H2,1-7H3,(H,37,43)(H,39,42)/t24-,25?,26+,28+,29-,30-,34-,35+/m0/s1. The normalized spacial score (nSPS) is 20.3. The molecule has 0 radical (unpaired) electrons. The lowest BCUT2D eigenvalue weighted by atomic mass is 9.62. The second kappa shape index (κ2) is 17.5. The summed E-state index contributed by atoms with van der Waals surface area (Å²) in [4.78, 5) is 46.8. The molecule has 3 rings (SSSR count). The van der Waals surface area contributed by atoms with Crippen LogP contribution in [0.5, 0.6) is 0 Å². The van der Waals surface area contributed by atoms with E-state index >= 15 is 0 Å². The predicted molar refractivity (Wildman–Crippen MR) is 182 cm³/mol. The number of benzene rings is 1. The largest absolute Gasteiger partial charge is 0.380 e. The van der Waals surface area contributed by atoms with Gasteiger partial charge in [0.2, 0.25) is 5.91 Å². The molecular weight excluding hydrogens is 602 g/mol. The van der Waals surface area contributed by atoms with Gasteiger partial charge >= 0.3 is 0 Å². The van der Waals surface area contributed by atoms with Gasteiger partial charge in [-0.2, -0.15) is 0 Å². The lowest BCUT2D eigenvalue weighted by Gasteiger charge is -2.55. The van der Waals surface area contributed by atoms with Gasteiger partial charge in [0.1, 0.15) is 11.3 Å². The first-order valence-corrected chi connectivity index (χ1v) is 17.4. The molecule has 2 aromatic rings. The molecule has 2 amide bonds. The molecule has 1 aromatic carbocycles. The van der Waals surface area contributed by atoms with Gasteiger partial charge in [-0.05, 0) is 50.3 Å². The molecule has 1 unspecified atom stereocenters. The Hall–Kier alpha value is -2.70. The van der Waals surface area contributed by atoms with Crippen LogP contribution in [0.4, 0.5) is 0 Å². The van der Waals surface area contributed by atoms with E-state index in [1.165, 1.54) is 18.4 Å². The molecule has 1 aromatic heterocycles. The number of hydrogen-bond acceptors (Lipinski definition) is 9. The highest BCUT2D eigenvalue weighted by atomic mass is 32.1. The van der Waals surface area contributed by atoms with Crippen molar-refractivity contribution in [2.75, 3.05) is 34.4 Å². The van der Waals surface area contributed by atoms with Crippen molar-refractivity contribution in [3.63, 3.8) is 0 Å². The molecule has 2 heterocycles. The molecule has 8 atom stereocenters. The van der Waals surface area contributed by atoms with E-state index < -0.39 is 35.1 Å². The van der Waals surface area contributed by atoms with Gasteiger partial charge in [-0.25, -0.2) is 4.98 Å². The van der Waals surface area contributed by atoms with Crippen molar-refractivity contribution < 1.29 is 23.9 Å². The van der Waals surface area contributed by atoms with Crippen LogP contribution in [0.1, 0.15) is 76.4 Å². The molecule has 11 heteroatoms. The number of carbonyl (C=O) groups excluding carboxylic acids is 3. The van der Waals surface area contributed by atoms with E-state index in [9.17, 15) is 14.4 Å². The van der Waals surface area contributed by atoms with Crippen molar-refractivity contribution in [3.05, 3.63) is 52.5 Å². The van der Waals surface area contributed by atoms with Crippen LogP contribution in [0.25, 0.3) is 0 Å². The van der Waals surface area contributed by atoms with E-state index in [-0.39, 0.29) is 30.2 Å². The maximum atomic E-state index is 14.2. The van der Waals surface area contributed by atoms with Gasteiger partial charge in [-0.3, -0.25) is 20.2 Å². The third-order valence-corrected chi connectivity index (χ3v) is 11.3. The number of nitrogens with one attached hydrogen (secondary N) is 2. The minimum absolute atomic E-state index is 0.0813. The predicted octanol–water partition coefficient (Wildman–Crippen LogP) is 4.35. The van der Waals surface area contributed by atoms with Gasteiger partial charge < -0.3 is 24.9 Å². The van der Waals surface area contributed by atoms with Crippen LogP contribution < -0.4 is 16.4 Å². The Morgan fingerprint density at radius 1 is 1.13 bits per heavy atom. The number of carbonyl (C=O) groups is 3. The number of aldehydes is 1. The maximum Gasteiger partial charge on any atom is 0.267 e. The number of nitrogens with two attached hydrogens (primary N) is 1. The molecule has 0 aliphatic carbocycles. The van der Waals surface area contributed by atoms with Crippen LogP contribution in [0, 0.1) is 23.7 Å². The summed E-state index contributed by atoms with van der Waals surface area (Å²) in [5.41, 5.74) is 5.57. The molecule has 1 aliphatic heterocycles. The molecule has 0 bridgehead atoms. The first-order chi connectivity index (χ1) is 22.0. The van der Waals surface area contributed by atoms with E-state index in [1.54, 1.807) is 20.4 Å². The van der Waals surface area contributed by atoms with Gasteiger partial charge in [0.15, 0.2) is 5.72 Å². The van der Waals surface area contributed by atoms with Crippen molar-refractivity contribution >= 4 is 29.4 Å². The fraction of sp³-hybridized carbons (Fsp3) is 0.657. The molecule has 0 saturated carbocycles. The van der Waals surface area contributed by atoms with Crippen molar-refractivity contribution in [2.45, 2.75) is 89.6 Å². The number of rotatable bonds is 19. The first-order valence-electron chi connectivity index (χ1n) is 16.5. The maximum absolute atomic E-state index is 14.2. The molecule has 1 aliphatic rings. The Kier molecular flexibility index (Phi) is 14.3. The third-order valence-electron chi connectivity index (χ3n) is 10.4. The SMILES string of the molecule is CC[C@H](C)[C@@](CC(C)[C@@](N)(OC)C(=O)NC)([C@H](CC=O)[C@@H](OC)[C@@H](C)C(=O)N[C@@H](Cc1ccccc1)c1nccs1)N1CCCC1. The number of thiazole rings is 1. The van der Waals surface area contributed by atoms with Gasteiger partial charge in [0.25, 0.3) is 5.91 Å². The summed E-state index contributed by atoms with van der Waals surface area (Å²) < 4.78 is 12.0. The number of hydrogen-bond donors (Lipinski definition) is 3. The van der Waals surface area contributed by atoms with E-state index in [0.29, 0.717) is 12.8 Å². The van der Waals surface area contributed by atoms with Crippen LogP contribution >= 0.6 is 11.3 Å². The molecule has 256 valence electrons. The second-order valence-corrected chi connectivity index (χ2v) is 13.7. The van der Waals surface area contributed by atoms with E-state index in [0.717, 1.165) is 49.2 Å².